The van der Waals surface area contributed by atoms with Crippen molar-refractivity contribution < 1.29 is 8.83 Å². The van der Waals surface area contributed by atoms with E-state index in [1.807, 2.05) is 54.6 Å². The number of rotatable bonds is 6. The number of anilines is 3. The maximum absolute atomic E-state index is 6.70. The maximum atomic E-state index is 6.70. The van der Waals surface area contributed by atoms with Gasteiger partial charge in [0.25, 0.3) is 0 Å². The minimum absolute atomic E-state index is 0.612. The van der Waals surface area contributed by atoms with Crippen molar-refractivity contribution in [2.24, 2.45) is 0 Å². The SMILES string of the molecule is c1ccc(-c2nc3cccc(-c4ccc(N(c5ccc6c7c8ccccc8ccc7n(-c7ccccc7)c6c5)c5cccc6c5oc5ccccc56)cc4)c3o2)cc1. The third-order valence-corrected chi connectivity index (χ3v) is 11.4. The lowest BCUT2D eigenvalue weighted by atomic mass is 10.0. The van der Waals surface area contributed by atoms with Crippen molar-refractivity contribution in [1.82, 2.24) is 9.55 Å². The van der Waals surface area contributed by atoms with Crippen LogP contribution in [0.3, 0.4) is 0 Å². The quantitative estimate of drug-likeness (QED) is 0.170. The van der Waals surface area contributed by atoms with Gasteiger partial charge in [-0.25, -0.2) is 4.98 Å². The Hall–Kier alpha value is -7.89. The highest BCUT2D eigenvalue weighted by Gasteiger charge is 2.23. The van der Waals surface area contributed by atoms with Crippen LogP contribution in [0.15, 0.2) is 209 Å². The van der Waals surface area contributed by atoms with Gasteiger partial charge in [0.2, 0.25) is 5.89 Å². The van der Waals surface area contributed by atoms with Crippen molar-refractivity contribution in [2.45, 2.75) is 0 Å². The number of para-hydroxylation sites is 4. The van der Waals surface area contributed by atoms with Gasteiger partial charge in [-0.3, -0.25) is 0 Å². The highest BCUT2D eigenvalue weighted by atomic mass is 16.3. The number of nitrogens with zero attached hydrogens (tertiary/aromatic N) is 3. The van der Waals surface area contributed by atoms with Crippen LogP contribution < -0.4 is 4.90 Å². The number of furan rings is 1. The zero-order valence-electron chi connectivity index (χ0n) is 31.2. The summed E-state index contributed by atoms with van der Waals surface area (Å²) in [6.07, 6.45) is 0. The zero-order chi connectivity index (χ0) is 38.2. The molecule has 0 bridgehead atoms. The van der Waals surface area contributed by atoms with Gasteiger partial charge >= 0.3 is 0 Å². The normalized spacial score (nSPS) is 11.8. The second-order valence-corrected chi connectivity index (χ2v) is 14.7. The predicted octanol–water partition coefficient (Wildman–Crippen LogP) is 14.8. The van der Waals surface area contributed by atoms with Gasteiger partial charge in [0.05, 0.1) is 16.7 Å². The Morgan fingerprint density at radius 2 is 1.17 bits per heavy atom. The molecule has 0 saturated carbocycles. The Morgan fingerprint density at radius 3 is 2.03 bits per heavy atom. The lowest BCUT2D eigenvalue weighted by Crippen LogP contribution is -2.10. The molecule has 12 rings (SSSR count). The van der Waals surface area contributed by atoms with Crippen LogP contribution in [0.2, 0.25) is 0 Å². The summed E-state index contributed by atoms with van der Waals surface area (Å²) in [4.78, 5) is 7.16. The van der Waals surface area contributed by atoms with Crippen LogP contribution in [-0.4, -0.2) is 9.55 Å². The molecule has 5 heteroatoms. The first-order valence-electron chi connectivity index (χ1n) is 19.5. The molecule has 0 unspecified atom stereocenters. The molecular formula is C53H33N3O2. The topological polar surface area (TPSA) is 47.3 Å². The Balaban J connectivity index is 1.08. The fourth-order valence-electron chi connectivity index (χ4n) is 8.78. The molecule has 0 N–H and O–H groups in total. The van der Waals surface area contributed by atoms with Crippen molar-refractivity contribution in [2.75, 3.05) is 4.90 Å². The molecular weight excluding hydrogens is 711 g/mol. The predicted molar refractivity (Wildman–Crippen MR) is 239 cm³/mol. The van der Waals surface area contributed by atoms with Crippen molar-refractivity contribution >= 4 is 82.7 Å². The molecule has 12 aromatic rings. The highest BCUT2D eigenvalue weighted by molar-refractivity contribution is 6.22. The average Bonchev–Trinajstić information content (AvgIpc) is 4.00. The standard InChI is InChI=1S/C53H33N3O2/c1-3-14-36(15-4-1)53-54-45-22-11-20-41(51(45)58-53)35-25-28-38(29-26-35)55(47-23-12-21-43-42-19-9-10-24-49(42)57-52(43)47)39-30-31-44-48(33-39)56(37-16-5-2-6-17-37)46-32-27-34-13-7-8-18-40(34)50(44)46/h1-33H. The fourth-order valence-corrected chi connectivity index (χ4v) is 8.78. The number of fused-ring (bicyclic) bond motifs is 9. The van der Waals surface area contributed by atoms with Gasteiger partial charge < -0.3 is 18.3 Å². The molecule has 0 spiro atoms. The lowest BCUT2D eigenvalue weighted by molar-refractivity contribution is 0.621. The smallest absolute Gasteiger partial charge is 0.227 e. The van der Waals surface area contributed by atoms with E-state index in [2.05, 4.69) is 155 Å². The monoisotopic (exact) mass is 743 g/mol. The molecule has 0 radical (unpaired) electrons. The molecule has 272 valence electrons. The first kappa shape index (κ1) is 32.4. The second kappa shape index (κ2) is 12.8. The number of aromatic nitrogens is 2. The van der Waals surface area contributed by atoms with E-state index < -0.39 is 0 Å². The Kier molecular flexibility index (Phi) is 7.16. The van der Waals surface area contributed by atoms with Crippen molar-refractivity contribution in [3.05, 3.63) is 200 Å². The van der Waals surface area contributed by atoms with E-state index in [1.54, 1.807) is 0 Å². The van der Waals surface area contributed by atoms with Crippen molar-refractivity contribution in [3.8, 4) is 28.3 Å². The maximum Gasteiger partial charge on any atom is 0.227 e. The zero-order valence-corrected chi connectivity index (χ0v) is 31.2. The van der Waals surface area contributed by atoms with Gasteiger partial charge in [-0.05, 0) is 89.1 Å². The molecule has 9 aromatic carbocycles. The van der Waals surface area contributed by atoms with E-state index in [9.17, 15) is 0 Å². The largest absolute Gasteiger partial charge is 0.454 e. The molecule has 3 heterocycles. The van der Waals surface area contributed by atoms with Crippen LogP contribution >= 0.6 is 0 Å². The number of hydrogen-bond donors (Lipinski definition) is 0. The van der Waals surface area contributed by atoms with Crippen molar-refractivity contribution in [1.29, 1.82) is 0 Å². The summed E-state index contributed by atoms with van der Waals surface area (Å²) in [5.74, 6) is 0.612. The highest BCUT2D eigenvalue weighted by Crippen LogP contribution is 2.45. The number of hydrogen-bond acceptors (Lipinski definition) is 4. The van der Waals surface area contributed by atoms with Crippen LogP contribution in [0.4, 0.5) is 17.1 Å². The summed E-state index contributed by atoms with van der Waals surface area (Å²) in [5, 5.41) is 7.08. The van der Waals surface area contributed by atoms with Crippen LogP contribution in [0.1, 0.15) is 0 Å². The molecule has 0 amide bonds. The number of benzene rings is 9. The third-order valence-electron chi connectivity index (χ3n) is 11.4. The average molecular weight is 744 g/mol. The van der Waals surface area contributed by atoms with Gasteiger partial charge in [-0.2, -0.15) is 0 Å². The summed E-state index contributed by atoms with van der Waals surface area (Å²) in [5.41, 5.74) is 12.7. The fraction of sp³-hybridized carbons (Fsp3) is 0. The first-order valence-corrected chi connectivity index (χ1v) is 19.5. The summed E-state index contributed by atoms with van der Waals surface area (Å²) in [7, 11) is 0. The molecule has 5 nitrogen and oxygen atoms in total. The molecule has 0 aliphatic heterocycles. The van der Waals surface area contributed by atoms with Gasteiger partial charge in [-0.1, -0.05) is 127 Å². The number of oxazole rings is 1. The molecule has 0 fully saturated rings. The Labute approximate surface area is 333 Å². The molecule has 0 aliphatic rings. The van der Waals surface area contributed by atoms with E-state index in [0.717, 1.165) is 78.0 Å². The van der Waals surface area contributed by atoms with Gasteiger partial charge in [-0.15, -0.1) is 0 Å². The van der Waals surface area contributed by atoms with E-state index >= 15 is 0 Å². The summed E-state index contributed by atoms with van der Waals surface area (Å²) >= 11 is 0. The lowest BCUT2D eigenvalue weighted by Gasteiger charge is -2.26. The van der Waals surface area contributed by atoms with Gasteiger partial charge in [0.1, 0.15) is 11.1 Å². The van der Waals surface area contributed by atoms with E-state index in [-0.39, 0.29) is 0 Å². The second-order valence-electron chi connectivity index (χ2n) is 14.7. The molecule has 0 saturated heterocycles. The van der Waals surface area contributed by atoms with Gasteiger partial charge in [0, 0.05) is 49.7 Å². The summed E-state index contributed by atoms with van der Waals surface area (Å²) < 4.78 is 15.5. The van der Waals surface area contributed by atoms with Crippen LogP contribution in [0, 0.1) is 0 Å². The molecule has 58 heavy (non-hydrogen) atoms. The summed E-state index contributed by atoms with van der Waals surface area (Å²) in [6.45, 7) is 0. The van der Waals surface area contributed by atoms with Crippen LogP contribution in [0.25, 0.3) is 93.9 Å². The van der Waals surface area contributed by atoms with E-state index in [4.69, 9.17) is 13.8 Å². The van der Waals surface area contributed by atoms with Crippen molar-refractivity contribution in [3.63, 3.8) is 0 Å². The Morgan fingerprint density at radius 1 is 0.448 bits per heavy atom. The minimum Gasteiger partial charge on any atom is -0.454 e. The van der Waals surface area contributed by atoms with E-state index in [1.165, 1.54) is 27.1 Å². The van der Waals surface area contributed by atoms with Crippen LogP contribution in [0.5, 0.6) is 0 Å². The minimum atomic E-state index is 0.612. The summed E-state index contributed by atoms with van der Waals surface area (Å²) in [6, 6.07) is 70.3. The molecule has 0 atom stereocenters. The van der Waals surface area contributed by atoms with Gasteiger partial charge in [0.15, 0.2) is 11.2 Å². The molecule has 3 aromatic heterocycles. The first-order chi connectivity index (χ1) is 28.8. The Bertz CT molecular complexity index is 3510. The van der Waals surface area contributed by atoms with E-state index in [0.29, 0.717) is 5.89 Å². The third kappa shape index (κ3) is 5.00. The van der Waals surface area contributed by atoms with Crippen LogP contribution in [-0.2, 0) is 0 Å². The molecule has 0 aliphatic carbocycles.